The standard InChI is InChI=1S/C20H26O5/c1-2-3-4-6-14-11-13-7-8-15(19(21)22)18-17(13)16(24-14)12-20(25-18)9-5-10-23-20/h7-8,14,16H,2-6,9-12H2,1H3,(H,21,22)/t14-,16-,20-/m0/s1. The largest absolute Gasteiger partial charge is 0.478 e. The van der Waals surface area contributed by atoms with E-state index >= 15 is 0 Å². The van der Waals surface area contributed by atoms with Gasteiger partial charge in [0.15, 0.2) is 0 Å². The maximum Gasteiger partial charge on any atom is 0.339 e. The molecule has 1 fully saturated rings. The van der Waals surface area contributed by atoms with Gasteiger partial charge in [0.25, 0.3) is 0 Å². The van der Waals surface area contributed by atoms with E-state index in [1.54, 1.807) is 6.07 Å². The highest BCUT2D eigenvalue weighted by atomic mass is 16.7. The van der Waals surface area contributed by atoms with Gasteiger partial charge >= 0.3 is 5.97 Å². The van der Waals surface area contributed by atoms with Gasteiger partial charge in [-0.3, -0.25) is 0 Å². The van der Waals surface area contributed by atoms with Crippen LogP contribution in [0.15, 0.2) is 12.1 Å². The van der Waals surface area contributed by atoms with Gasteiger partial charge in [-0.05, 0) is 30.9 Å². The third-order valence-corrected chi connectivity index (χ3v) is 5.62. The molecule has 3 aliphatic heterocycles. The first-order valence-electron chi connectivity index (χ1n) is 9.49. The first kappa shape index (κ1) is 16.9. The molecule has 1 aromatic carbocycles. The molecule has 5 nitrogen and oxygen atoms in total. The lowest BCUT2D eigenvalue weighted by Crippen LogP contribution is -2.44. The van der Waals surface area contributed by atoms with Crippen molar-refractivity contribution < 1.29 is 24.1 Å². The lowest BCUT2D eigenvalue weighted by atomic mass is 9.84. The molecule has 0 saturated carbocycles. The fraction of sp³-hybridized carbons (Fsp3) is 0.650. The van der Waals surface area contributed by atoms with Gasteiger partial charge in [-0.25, -0.2) is 4.79 Å². The monoisotopic (exact) mass is 346 g/mol. The molecule has 0 amide bonds. The number of unbranched alkanes of at least 4 members (excludes halogenated alkanes) is 2. The molecule has 0 unspecified atom stereocenters. The predicted octanol–water partition coefficient (Wildman–Crippen LogP) is 4.24. The van der Waals surface area contributed by atoms with Crippen LogP contribution in [0.2, 0.25) is 0 Å². The summed E-state index contributed by atoms with van der Waals surface area (Å²) in [6.07, 6.45) is 7.91. The average Bonchev–Trinajstić information content (AvgIpc) is 3.02. The van der Waals surface area contributed by atoms with Crippen LogP contribution >= 0.6 is 0 Å². The predicted molar refractivity (Wildman–Crippen MR) is 92.0 cm³/mol. The molecule has 3 aliphatic rings. The highest BCUT2D eigenvalue weighted by Gasteiger charge is 2.48. The molecule has 3 heterocycles. The zero-order valence-electron chi connectivity index (χ0n) is 14.8. The second-order valence-electron chi connectivity index (χ2n) is 7.44. The number of carboxylic acids is 1. The number of aromatic carboxylic acids is 1. The Morgan fingerprint density at radius 3 is 2.96 bits per heavy atom. The summed E-state index contributed by atoms with van der Waals surface area (Å²) in [5, 5.41) is 9.57. The first-order chi connectivity index (χ1) is 12.1. The van der Waals surface area contributed by atoms with Crippen LogP contribution in [0.25, 0.3) is 0 Å². The summed E-state index contributed by atoms with van der Waals surface area (Å²) in [5.41, 5.74) is 2.32. The molecular formula is C20H26O5. The van der Waals surface area contributed by atoms with Gasteiger partial charge in [0.05, 0.1) is 18.8 Å². The normalized spacial score (nSPS) is 30.1. The van der Waals surface area contributed by atoms with Crippen molar-refractivity contribution in [2.24, 2.45) is 0 Å². The second-order valence-corrected chi connectivity index (χ2v) is 7.44. The van der Waals surface area contributed by atoms with Crippen molar-refractivity contribution in [2.75, 3.05) is 6.61 Å². The van der Waals surface area contributed by atoms with E-state index < -0.39 is 11.8 Å². The van der Waals surface area contributed by atoms with Crippen LogP contribution < -0.4 is 4.74 Å². The summed E-state index contributed by atoms with van der Waals surface area (Å²) in [6, 6.07) is 3.62. The molecule has 0 aliphatic carbocycles. The number of hydrogen-bond donors (Lipinski definition) is 1. The molecular weight excluding hydrogens is 320 g/mol. The minimum Gasteiger partial charge on any atom is -0.478 e. The molecule has 3 atom stereocenters. The van der Waals surface area contributed by atoms with Crippen LogP contribution in [0.4, 0.5) is 0 Å². The van der Waals surface area contributed by atoms with Crippen LogP contribution in [-0.2, 0) is 15.9 Å². The molecule has 1 spiro atoms. The lowest BCUT2D eigenvalue weighted by molar-refractivity contribution is -0.197. The van der Waals surface area contributed by atoms with Crippen molar-refractivity contribution in [2.45, 2.75) is 76.3 Å². The summed E-state index contributed by atoms with van der Waals surface area (Å²) in [5.74, 6) is -1.21. The van der Waals surface area contributed by atoms with Crippen molar-refractivity contribution in [3.8, 4) is 5.75 Å². The van der Waals surface area contributed by atoms with E-state index in [0.29, 0.717) is 18.8 Å². The van der Waals surface area contributed by atoms with Gasteiger partial charge < -0.3 is 19.3 Å². The zero-order valence-corrected chi connectivity index (χ0v) is 14.8. The number of rotatable bonds is 5. The first-order valence-corrected chi connectivity index (χ1v) is 9.49. The zero-order chi connectivity index (χ0) is 17.4. The maximum atomic E-state index is 11.7. The van der Waals surface area contributed by atoms with Crippen molar-refractivity contribution in [3.05, 3.63) is 28.8 Å². The minimum atomic E-state index is -0.961. The quantitative estimate of drug-likeness (QED) is 0.808. The van der Waals surface area contributed by atoms with E-state index in [1.807, 2.05) is 6.07 Å². The van der Waals surface area contributed by atoms with E-state index in [1.165, 1.54) is 24.8 Å². The van der Waals surface area contributed by atoms with Gasteiger partial charge in [-0.1, -0.05) is 32.3 Å². The van der Waals surface area contributed by atoms with Gasteiger partial charge in [-0.15, -0.1) is 0 Å². The average molecular weight is 346 g/mol. The van der Waals surface area contributed by atoms with E-state index in [2.05, 4.69) is 6.92 Å². The van der Waals surface area contributed by atoms with Crippen LogP contribution in [0.1, 0.15) is 79.5 Å². The smallest absolute Gasteiger partial charge is 0.339 e. The Morgan fingerprint density at radius 2 is 2.24 bits per heavy atom. The Kier molecular flexibility index (Phi) is 4.46. The third kappa shape index (κ3) is 3.04. The van der Waals surface area contributed by atoms with Crippen molar-refractivity contribution in [1.82, 2.24) is 0 Å². The van der Waals surface area contributed by atoms with E-state index in [9.17, 15) is 9.90 Å². The van der Waals surface area contributed by atoms with Gasteiger partial charge in [-0.2, -0.15) is 0 Å². The fourth-order valence-electron chi connectivity index (χ4n) is 4.41. The molecule has 136 valence electrons. The summed E-state index contributed by atoms with van der Waals surface area (Å²) < 4.78 is 18.5. The van der Waals surface area contributed by atoms with Crippen molar-refractivity contribution >= 4 is 5.97 Å². The molecule has 0 aromatic heterocycles. The molecule has 1 saturated heterocycles. The fourth-order valence-corrected chi connectivity index (χ4v) is 4.41. The van der Waals surface area contributed by atoms with E-state index in [0.717, 1.165) is 31.2 Å². The molecule has 0 bridgehead atoms. The summed E-state index contributed by atoms with van der Waals surface area (Å²) in [6.45, 7) is 2.86. The molecule has 25 heavy (non-hydrogen) atoms. The number of carbonyl (C=O) groups is 1. The Balaban J connectivity index is 1.69. The molecule has 5 heteroatoms. The van der Waals surface area contributed by atoms with Crippen LogP contribution in [0, 0.1) is 0 Å². The summed E-state index contributed by atoms with van der Waals surface area (Å²) in [4.78, 5) is 11.7. The second kappa shape index (κ2) is 6.61. The summed E-state index contributed by atoms with van der Waals surface area (Å²) in [7, 11) is 0. The van der Waals surface area contributed by atoms with Crippen LogP contribution in [0.3, 0.4) is 0 Å². The van der Waals surface area contributed by atoms with E-state index in [-0.39, 0.29) is 17.8 Å². The minimum absolute atomic E-state index is 0.128. The molecule has 1 aromatic rings. The van der Waals surface area contributed by atoms with Crippen LogP contribution in [-0.4, -0.2) is 29.6 Å². The Bertz CT molecular complexity index is 662. The molecule has 0 radical (unpaired) electrons. The number of hydrogen-bond acceptors (Lipinski definition) is 4. The van der Waals surface area contributed by atoms with Crippen LogP contribution in [0.5, 0.6) is 5.75 Å². The third-order valence-electron chi connectivity index (χ3n) is 5.62. The Labute approximate surface area is 148 Å². The Morgan fingerprint density at radius 1 is 1.36 bits per heavy atom. The number of ether oxygens (including phenoxy) is 3. The lowest BCUT2D eigenvalue weighted by Gasteiger charge is -2.43. The molecule has 4 rings (SSSR count). The van der Waals surface area contributed by atoms with E-state index in [4.69, 9.17) is 14.2 Å². The maximum absolute atomic E-state index is 11.7. The van der Waals surface area contributed by atoms with Gasteiger partial charge in [0.2, 0.25) is 5.79 Å². The summed E-state index contributed by atoms with van der Waals surface area (Å²) >= 11 is 0. The van der Waals surface area contributed by atoms with Gasteiger partial charge in [0.1, 0.15) is 11.3 Å². The van der Waals surface area contributed by atoms with Crippen molar-refractivity contribution in [3.63, 3.8) is 0 Å². The molecule has 1 N–H and O–H groups in total. The number of carboxylic acid groups (broad SMARTS) is 1. The Hall–Kier alpha value is -1.59. The number of benzene rings is 1. The highest BCUT2D eigenvalue weighted by Crippen LogP contribution is 2.51. The SMILES string of the molecule is CCCCC[C@H]1Cc2ccc(C(=O)O)c3c2[C@H](C[C@]2(CCCO2)O3)O1. The highest BCUT2D eigenvalue weighted by molar-refractivity contribution is 5.92. The van der Waals surface area contributed by atoms with Gasteiger partial charge in [0, 0.05) is 18.4 Å². The topological polar surface area (TPSA) is 65.0 Å². The van der Waals surface area contributed by atoms with Crippen molar-refractivity contribution in [1.29, 1.82) is 0 Å².